The topological polar surface area (TPSA) is 26.0 Å². The van der Waals surface area contributed by atoms with Crippen LogP contribution in [0.5, 0.6) is 0 Å². The van der Waals surface area contributed by atoms with Gasteiger partial charge in [-0.25, -0.2) is 0 Å². The van der Waals surface area contributed by atoms with E-state index in [1.165, 1.54) is 0 Å². The Morgan fingerprint density at radius 1 is 1.50 bits per heavy atom. The molecule has 49 valence electrons. The fraction of sp³-hybridized carbons (Fsp3) is 0.857. The molecule has 1 heteroatoms. The van der Waals surface area contributed by atoms with Gasteiger partial charge < -0.3 is 5.73 Å². The molecule has 0 aromatic carbocycles. The summed E-state index contributed by atoms with van der Waals surface area (Å²) < 4.78 is 0. The average molecular weight is 114 g/mol. The molecular formula is C7H16N. The largest absolute Gasteiger partial charge is 0.330 e. The normalized spacial score (nSPS) is 12.0. The lowest BCUT2D eigenvalue weighted by molar-refractivity contribution is 0.420. The molecule has 0 bridgehead atoms. The van der Waals surface area contributed by atoms with Crippen LogP contribution in [0.3, 0.4) is 0 Å². The molecule has 1 nitrogen and oxygen atoms in total. The quantitative estimate of drug-likeness (QED) is 0.592. The monoisotopic (exact) mass is 114 g/mol. The fourth-order valence-electron chi connectivity index (χ4n) is 0.581. The Balaban J connectivity index is 3.11. The lowest BCUT2D eigenvalue weighted by Crippen LogP contribution is -2.08. The molecule has 0 aromatic rings. The molecule has 0 saturated carbocycles. The van der Waals surface area contributed by atoms with Gasteiger partial charge >= 0.3 is 0 Å². The van der Waals surface area contributed by atoms with Crippen molar-refractivity contribution in [2.75, 3.05) is 6.54 Å². The van der Waals surface area contributed by atoms with E-state index in [1.54, 1.807) is 0 Å². The Kier molecular flexibility index (Phi) is 3.06. The first-order valence-electron chi connectivity index (χ1n) is 3.12. The van der Waals surface area contributed by atoms with Crippen molar-refractivity contribution >= 4 is 0 Å². The van der Waals surface area contributed by atoms with E-state index in [2.05, 4.69) is 20.8 Å². The van der Waals surface area contributed by atoms with E-state index in [0.717, 1.165) is 19.4 Å². The zero-order valence-electron chi connectivity index (χ0n) is 5.91. The summed E-state index contributed by atoms with van der Waals surface area (Å²) in [4.78, 5) is 0. The molecule has 0 spiro atoms. The Hall–Kier alpha value is -0.0400. The molecule has 0 amide bonds. The van der Waals surface area contributed by atoms with Gasteiger partial charge in [-0.15, -0.1) is 0 Å². The molecule has 0 aliphatic heterocycles. The average Bonchev–Trinajstić information content (AvgIpc) is 1.59. The second-order valence-electron chi connectivity index (χ2n) is 3.06. The molecule has 2 N–H and O–H groups in total. The molecule has 0 fully saturated rings. The van der Waals surface area contributed by atoms with Crippen LogP contribution >= 0.6 is 0 Å². The van der Waals surface area contributed by atoms with Crippen LogP contribution in [-0.2, 0) is 0 Å². The van der Waals surface area contributed by atoms with Gasteiger partial charge in [0.1, 0.15) is 0 Å². The Labute approximate surface area is 52.3 Å². The summed E-state index contributed by atoms with van der Waals surface area (Å²) >= 11 is 0. The van der Waals surface area contributed by atoms with Crippen molar-refractivity contribution in [3.8, 4) is 0 Å². The van der Waals surface area contributed by atoms with Crippen LogP contribution in [0, 0.1) is 12.3 Å². The highest BCUT2D eigenvalue weighted by molar-refractivity contribution is 4.69. The van der Waals surface area contributed by atoms with Gasteiger partial charge in [-0.1, -0.05) is 13.8 Å². The van der Waals surface area contributed by atoms with Gasteiger partial charge in [-0.05, 0) is 31.7 Å². The highest BCUT2D eigenvalue weighted by atomic mass is 14.5. The van der Waals surface area contributed by atoms with Crippen molar-refractivity contribution < 1.29 is 0 Å². The summed E-state index contributed by atoms with van der Waals surface area (Å²) in [6.07, 6.45) is 2.22. The lowest BCUT2D eigenvalue weighted by Gasteiger charge is -2.16. The minimum Gasteiger partial charge on any atom is -0.330 e. The van der Waals surface area contributed by atoms with Crippen LogP contribution in [-0.4, -0.2) is 6.54 Å². The second kappa shape index (κ2) is 3.08. The van der Waals surface area contributed by atoms with E-state index < -0.39 is 0 Å². The van der Waals surface area contributed by atoms with Gasteiger partial charge in [0, 0.05) is 0 Å². The summed E-state index contributed by atoms with van der Waals surface area (Å²) in [5.74, 6) is 0. The van der Waals surface area contributed by atoms with Crippen LogP contribution in [0.1, 0.15) is 26.7 Å². The van der Waals surface area contributed by atoms with Gasteiger partial charge in [-0.2, -0.15) is 0 Å². The third kappa shape index (κ3) is 5.96. The van der Waals surface area contributed by atoms with E-state index in [-0.39, 0.29) is 5.41 Å². The molecule has 0 heterocycles. The van der Waals surface area contributed by atoms with Crippen molar-refractivity contribution in [2.45, 2.75) is 26.7 Å². The maximum absolute atomic E-state index is 5.31. The fourth-order valence-corrected chi connectivity index (χ4v) is 0.581. The van der Waals surface area contributed by atoms with E-state index in [1.807, 2.05) is 0 Å². The van der Waals surface area contributed by atoms with Gasteiger partial charge in [0.15, 0.2) is 0 Å². The first-order chi connectivity index (χ1) is 3.56. The standard InChI is InChI=1S/C7H16N/c1-7(2,3)5-4-6-8/h1,4-6,8H2,2-3H3. The van der Waals surface area contributed by atoms with Crippen molar-refractivity contribution in [1.29, 1.82) is 0 Å². The number of hydrogen-bond acceptors (Lipinski definition) is 1. The zero-order chi connectivity index (χ0) is 6.62. The molecule has 0 aliphatic rings. The van der Waals surface area contributed by atoms with Crippen molar-refractivity contribution in [3.05, 3.63) is 6.92 Å². The number of nitrogens with two attached hydrogens (primary N) is 1. The third-order valence-corrected chi connectivity index (χ3v) is 1.06. The molecule has 0 aromatic heterocycles. The molecule has 8 heavy (non-hydrogen) atoms. The van der Waals surface area contributed by atoms with Crippen LogP contribution in [0.15, 0.2) is 0 Å². The molecule has 1 radical (unpaired) electrons. The predicted octanol–water partition coefficient (Wildman–Crippen LogP) is 1.59. The molecule has 0 atom stereocenters. The predicted molar refractivity (Wildman–Crippen MR) is 37.4 cm³/mol. The summed E-state index contributed by atoms with van der Waals surface area (Å²) in [7, 11) is 0. The smallest absolute Gasteiger partial charge is 0.00771 e. The SMILES string of the molecule is [CH2]C(C)(C)CCCN. The van der Waals surface area contributed by atoms with E-state index in [0.29, 0.717) is 0 Å². The van der Waals surface area contributed by atoms with E-state index >= 15 is 0 Å². The summed E-state index contributed by atoms with van der Waals surface area (Å²) in [5.41, 5.74) is 5.53. The Bertz CT molecular complexity index is 51.9. The van der Waals surface area contributed by atoms with Crippen molar-refractivity contribution in [2.24, 2.45) is 11.1 Å². The number of rotatable bonds is 3. The van der Waals surface area contributed by atoms with Crippen LogP contribution < -0.4 is 5.73 Å². The van der Waals surface area contributed by atoms with E-state index in [9.17, 15) is 0 Å². The van der Waals surface area contributed by atoms with Crippen LogP contribution in [0.25, 0.3) is 0 Å². The minimum absolute atomic E-state index is 0.222. The minimum atomic E-state index is 0.222. The molecular weight excluding hydrogens is 98.1 g/mol. The van der Waals surface area contributed by atoms with Crippen LogP contribution in [0.4, 0.5) is 0 Å². The maximum atomic E-state index is 5.31. The Morgan fingerprint density at radius 3 is 2.12 bits per heavy atom. The summed E-state index contributed by atoms with van der Waals surface area (Å²) in [6, 6.07) is 0. The van der Waals surface area contributed by atoms with Gasteiger partial charge in [-0.3, -0.25) is 0 Å². The highest BCUT2D eigenvalue weighted by Gasteiger charge is 2.07. The van der Waals surface area contributed by atoms with E-state index in [4.69, 9.17) is 5.73 Å². The molecule has 0 saturated heterocycles. The van der Waals surface area contributed by atoms with Gasteiger partial charge in [0.25, 0.3) is 0 Å². The molecule has 0 unspecified atom stereocenters. The first-order valence-corrected chi connectivity index (χ1v) is 3.12. The summed E-state index contributed by atoms with van der Waals surface area (Å²) in [5, 5.41) is 0. The lowest BCUT2D eigenvalue weighted by atomic mass is 9.91. The Morgan fingerprint density at radius 2 is 2.00 bits per heavy atom. The van der Waals surface area contributed by atoms with Crippen molar-refractivity contribution in [1.82, 2.24) is 0 Å². The summed E-state index contributed by atoms with van der Waals surface area (Å²) in [6.45, 7) is 9.00. The zero-order valence-corrected chi connectivity index (χ0v) is 5.91. The molecule has 0 rings (SSSR count). The third-order valence-electron chi connectivity index (χ3n) is 1.06. The first kappa shape index (κ1) is 7.96. The van der Waals surface area contributed by atoms with Crippen LogP contribution in [0.2, 0.25) is 0 Å². The number of hydrogen-bond donors (Lipinski definition) is 1. The van der Waals surface area contributed by atoms with Gasteiger partial charge in [0.2, 0.25) is 0 Å². The maximum Gasteiger partial charge on any atom is -0.00771 e. The second-order valence-corrected chi connectivity index (χ2v) is 3.06. The molecule has 0 aliphatic carbocycles. The highest BCUT2D eigenvalue weighted by Crippen LogP contribution is 2.18. The van der Waals surface area contributed by atoms with Gasteiger partial charge in [0.05, 0.1) is 0 Å². The van der Waals surface area contributed by atoms with Crippen molar-refractivity contribution in [3.63, 3.8) is 0 Å².